The second-order valence-corrected chi connectivity index (χ2v) is 12.5. The van der Waals surface area contributed by atoms with Gasteiger partial charge in [0.2, 0.25) is 15.0 Å². The first-order valence-electron chi connectivity index (χ1n) is 5.18. The summed E-state index contributed by atoms with van der Waals surface area (Å²) in [6.07, 6.45) is 0.954. The molecule has 100 valence electrons. The molecule has 8 heteroatoms. The van der Waals surface area contributed by atoms with Gasteiger partial charge < -0.3 is 4.74 Å². The standard InChI is InChI=1S/C9H21N3O3SSi/c1-11-12(9(10)16(2,13)14)8-15-6-7-17(3,4)5/h10H,1,6-8H2,2-5H3. The third-order valence-electron chi connectivity index (χ3n) is 1.97. The van der Waals surface area contributed by atoms with Crippen LogP contribution in [0.5, 0.6) is 0 Å². The molecule has 0 aliphatic rings. The molecule has 0 radical (unpaired) electrons. The minimum absolute atomic E-state index is 0.0557. The summed E-state index contributed by atoms with van der Waals surface area (Å²) in [5, 5.41) is 11.2. The van der Waals surface area contributed by atoms with Gasteiger partial charge in [-0.15, -0.1) is 0 Å². The van der Waals surface area contributed by atoms with Crippen LogP contribution in [0.15, 0.2) is 5.10 Å². The van der Waals surface area contributed by atoms with Crippen LogP contribution in [0.1, 0.15) is 0 Å². The molecule has 0 heterocycles. The number of amidine groups is 1. The Kier molecular flexibility index (Phi) is 6.00. The van der Waals surface area contributed by atoms with Crippen molar-refractivity contribution in [1.29, 1.82) is 5.41 Å². The van der Waals surface area contributed by atoms with Crippen LogP contribution in [-0.4, -0.2) is 53.0 Å². The minimum Gasteiger partial charge on any atom is -0.359 e. The normalized spacial score (nSPS) is 12.2. The summed E-state index contributed by atoms with van der Waals surface area (Å²) in [7, 11) is -4.74. The van der Waals surface area contributed by atoms with Crippen molar-refractivity contribution in [3.8, 4) is 0 Å². The monoisotopic (exact) mass is 279 g/mol. The second-order valence-electron chi connectivity index (χ2n) is 4.97. The Hall–Kier alpha value is -0.733. The van der Waals surface area contributed by atoms with E-state index in [1.54, 1.807) is 0 Å². The SMILES string of the molecule is C=NN(COCC[Si](C)(C)C)C(=N)S(C)(=O)=O. The summed E-state index contributed by atoms with van der Waals surface area (Å²) in [5.41, 5.74) is 0. The zero-order valence-corrected chi connectivity index (χ0v) is 12.7. The Morgan fingerprint density at radius 2 is 2.00 bits per heavy atom. The minimum atomic E-state index is -3.58. The van der Waals surface area contributed by atoms with Gasteiger partial charge in [-0.2, -0.15) is 5.10 Å². The van der Waals surface area contributed by atoms with E-state index in [1.807, 2.05) is 0 Å². The highest BCUT2D eigenvalue weighted by atomic mass is 32.2. The van der Waals surface area contributed by atoms with Crippen LogP contribution < -0.4 is 0 Å². The Bertz CT molecular complexity index is 375. The second kappa shape index (κ2) is 6.27. The fraction of sp³-hybridized carbons (Fsp3) is 0.778. The maximum absolute atomic E-state index is 11.1. The van der Waals surface area contributed by atoms with Crippen LogP contribution in [0, 0.1) is 5.41 Å². The number of hydrazone groups is 1. The zero-order chi connectivity index (χ0) is 13.7. The lowest BCUT2D eigenvalue weighted by Crippen LogP contribution is -2.33. The third kappa shape index (κ3) is 7.24. The fourth-order valence-electron chi connectivity index (χ4n) is 0.884. The average molecular weight is 279 g/mol. The largest absolute Gasteiger partial charge is 0.359 e. The van der Waals surface area contributed by atoms with Gasteiger partial charge in [-0.1, -0.05) is 19.6 Å². The molecule has 0 aromatic rings. The van der Waals surface area contributed by atoms with Crippen molar-refractivity contribution in [2.45, 2.75) is 25.7 Å². The molecule has 0 fully saturated rings. The Morgan fingerprint density at radius 3 is 2.35 bits per heavy atom. The van der Waals surface area contributed by atoms with Gasteiger partial charge in [0, 0.05) is 27.7 Å². The lowest BCUT2D eigenvalue weighted by molar-refractivity contribution is 0.0764. The van der Waals surface area contributed by atoms with Crippen LogP contribution in [0.2, 0.25) is 25.7 Å². The Labute approximate surface area is 104 Å². The molecule has 0 unspecified atom stereocenters. The molecule has 1 N–H and O–H groups in total. The van der Waals surface area contributed by atoms with Crippen molar-refractivity contribution in [2.24, 2.45) is 5.10 Å². The molecule has 0 aliphatic carbocycles. The van der Waals surface area contributed by atoms with E-state index in [0.717, 1.165) is 17.3 Å². The molecule has 0 saturated heterocycles. The van der Waals surface area contributed by atoms with Crippen LogP contribution >= 0.6 is 0 Å². The quantitative estimate of drug-likeness (QED) is 0.198. The Balaban J connectivity index is 4.18. The van der Waals surface area contributed by atoms with Gasteiger partial charge in [0.1, 0.15) is 6.73 Å². The van der Waals surface area contributed by atoms with E-state index < -0.39 is 23.1 Å². The van der Waals surface area contributed by atoms with Crippen molar-refractivity contribution in [2.75, 3.05) is 19.6 Å². The van der Waals surface area contributed by atoms with E-state index in [9.17, 15) is 8.42 Å². The summed E-state index contributed by atoms with van der Waals surface area (Å²) >= 11 is 0. The number of nitrogens with one attached hydrogen (secondary N) is 1. The zero-order valence-electron chi connectivity index (χ0n) is 10.9. The molecular weight excluding hydrogens is 258 g/mol. The van der Waals surface area contributed by atoms with E-state index >= 15 is 0 Å². The average Bonchev–Trinajstić information content (AvgIpc) is 2.14. The molecular formula is C9H21N3O3SSi. The first kappa shape index (κ1) is 16.3. The summed E-state index contributed by atoms with van der Waals surface area (Å²) in [5.74, 6) is 0. The van der Waals surface area contributed by atoms with Crippen LogP contribution in [-0.2, 0) is 14.6 Å². The van der Waals surface area contributed by atoms with E-state index in [2.05, 4.69) is 31.5 Å². The van der Waals surface area contributed by atoms with Crippen molar-refractivity contribution >= 4 is 29.8 Å². The molecule has 6 nitrogen and oxygen atoms in total. The van der Waals surface area contributed by atoms with Crippen molar-refractivity contribution in [1.82, 2.24) is 5.01 Å². The highest BCUT2D eigenvalue weighted by molar-refractivity contribution is 8.05. The van der Waals surface area contributed by atoms with Crippen molar-refractivity contribution in [3.63, 3.8) is 0 Å². The highest BCUT2D eigenvalue weighted by Gasteiger charge is 2.19. The summed E-state index contributed by atoms with van der Waals surface area (Å²) in [4.78, 5) is 0. The number of hydrogen-bond donors (Lipinski definition) is 1. The Morgan fingerprint density at radius 1 is 1.47 bits per heavy atom. The molecule has 0 aromatic carbocycles. The lowest BCUT2D eigenvalue weighted by Gasteiger charge is -2.19. The maximum Gasteiger partial charge on any atom is 0.238 e. The maximum atomic E-state index is 11.1. The number of rotatable bonds is 6. The van der Waals surface area contributed by atoms with Crippen LogP contribution in [0.25, 0.3) is 0 Å². The highest BCUT2D eigenvalue weighted by Crippen LogP contribution is 2.08. The number of sulfone groups is 1. The molecule has 0 spiro atoms. The van der Waals surface area contributed by atoms with E-state index in [1.165, 1.54) is 0 Å². The predicted octanol–water partition coefficient (Wildman–Crippen LogP) is 1.20. The molecule has 0 saturated carbocycles. The number of nitrogens with zero attached hydrogens (tertiary/aromatic N) is 2. The first-order valence-corrected chi connectivity index (χ1v) is 10.8. The van der Waals surface area contributed by atoms with Crippen LogP contribution in [0.4, 0.5) is 0 Å². The smallest absolute Gasteiger partial charge is 0.238 e. The van der Waals surface area contributed by atoms with Gasteiger partial charge in [0.25, 0.3) is 0 Å². The predicted molar refractivity (Wildman–Crippen MR) is 72.9 cm³/mol. The van der Waals surface area contributed by atoms with E-state index in [0.29, 0.717) is 6.61 Å². The topological polar surface area (TPSA) is 82.8 Å². The van der Waals surface area contributed by atoms with Crippen molar-refractivity contribution in [3.05, 3.63) is 0 Å². The number of ether oxygens (including phenoxy) is 1. The van der Waals surface area contributed by atoms with E-state index in [4.69, 9.17) is 10.1 Å². The van der Waals surface area contributed by atoms with Gasteiger partial charge >= 0.3 is 0 Å². The van der Waals surface area contributed by atoms with Gasteiger partial charge in [-0.25, -0.2) is 13.4 Å². The van der Waals surface area contributed by atoms with E-state index in [-0.39, 0.29) is 6.73 Å². The van der Waals surface area contributed by atoms with Crippen LogP contribution in [0.3, 0.4) is 0 Å². The molecule has 0 atom stereocenters. The molecule has 0 rings (SSSR count). The lowest BCUT2D eigenvalue weighted by atomic mass is 10.8. The van der Waals surface area contributed by atoms with Gasteiger partial charge in [0.15, 0.2) is 0 Å². The first-order chi connectivity index (χ1) is 7.58. The summed E-state index contributed by atoms with van der Waals surface area (Å²) in [6.45, 7) is 10.4. The fourth-order valence-corrected chi connectivity index (χ4v) is 2.13. The van der Waals surface area contributed by atoms with Crippen molar-refractivity contribution < 1.29 is 13.2 Å². The summed E-state index contributed by atoms with van der Waals surface area (Å²) in [6, 6.07) is 0.976. The van der Waals surface area contributed by atoms with Gasteiger partial charge in [-0.05, 0) is 6.04 Å². The molecule has 17 heavy (non-hydrogen) atoms. The van der Waals surface area contributed by atoms with Gasteiger partial charge in [-0.3, -0.25) is 5.41 Å². The molecule has 0 bridgehead atoms. The number of hydrogen-bond acceptors (Lipinski definition) is 5. The molecule has 0 amide bonds. The van der Waals surface area contributed by atoms with Gasteiger partial charge in [0.05, 0.1) is 0 Å². The molecule has 0 aromatic heterocycles. The third-order valence-corrected chi connectivity index (χ3v) is 4.58. The molecule has 0 aliphatic heterocycles. The summed E-state index contributed by atoms with van der Waals surface area (Å²) < 4.78 is 27.5.